The highest BCUT2D eigenvalue weighted by Gasteiger charge is 2.17. The molecule has 0 unspecified atom stereocenters. The number of aryl methyl sites for hydroxylation is 1. The quantitative estimate of drug-likeness (QED) is 0.233. The Balaban J connectivity index is 1.51. The van der Waals surface area contributed by atoms with Crippen LogP contribution in [0.1, 0.15) is 11.5 Å². The van der Waals surface area contributed by atoms with E-state index in [1.807, 2.05) is 54.0 Å². The van der Waals surface area contributed by atoms with Gasteiger partial charge >= 0.3 is 0 Å². The third-order valence-electron chi connectivity index (χ3n) is 4.13. The molecule has 3 aromatic heterocycles. The number of carbonyl (C=O) groups is 1. The molecule has 0 aliphatic heterocycles. The van der Waals surface area contributed by atoms with E-state index in [4.69, 9.17) is 4.42 Å². The summed E-state index contributed by atoms with van der Waals surface area (Å²) >= 11 is 4.73. The number of furan rings is 1. The van der Waals surface area contributed by atoms with E-state index in [0.29, 0.717) is 16.7 Å². The van der Waals surface area contributed by atoms with Gasteiger partial charge in [-0.3, -0.25) is 14.3 Å². The molecule has 0 saturated heterocycles. The van der Waals surface area contributed by atoms with Crippen LogP contribution in [0.4, 0.5) is 0 Å². The van der Waals surface area contributed by atoms with Crippen molar-refractivity contribution in [2.45, 2.75) is 12.1 Å². The number of pyridine rings is 1. The number of nitrogens with zero attached hydrogens (tertiary/aromatic N) is 5. The largest absolute Gasteiger partial charge is 0.460 e. The number of hydrogen-bond acceptors (Lipinski definition) is 7. The van der Waals surface area contributed by atoms with Crippen LogP contribution in [-0.2, 0) is 4.79 Å². The van der Waals surface area contributed by atoms with Gasteiger partial charge in [-0.15, -0.1) is 10.2 Å². The first kappa shape index (κ1) is 21.0. The van der Waals surface area contributed by atoms with E-state index in [1.165, 1.54) is 18.0 Å². The molecule has 156 valence electrons. The maximum Gasteiger partial charge on any atom is 0.250 e. The predicted molar refractivity (Wildman–Crippen MR) is 122 cm³/mol. The third kappa shape index (κ3) is 5.28. The van der Waals surface area contributed by atoms with Gasteiger partial charge in [-0.2, -0.15) is 5.10 Å². The summed E-state index contributed by atoms with van der Waals surface area (Å²) in [6.07, 6.45) is 4.87. The van der Waals surface area contributed by atoms with Gasteiger partial charge < -0.3 is 4.42 Å². The average molecular weight is 497 g/mol. The van der Waals surface area contributed by atoms with Crippen LogP contribution in [-0.4, -0.2) is 37.6 Å². The molecule has 4 rings (SSSR count). The van der Waals surface area contributed by atoms with Crippen molar-refractivity contribution in [1.82, 2.24) is 25.2 Å². The number of benzene rings is 1. The summed E-state index contributed by atoms with van der Waals surface area (Å²) in [4.78, 5) is 16.3. The van der Waals surface area contributed by atoms with Gasteiger partial charge in [0.25, 0.3) is 5.91 Å². The minimum atomic E-state index is -0.264. The summed E-state index contributed by atoms with van der Waals surface area (Å²) in [6, 6.07) is 15.1. The average Bonchev–Trinajstić information content (AvgIpc) is 3.39. The molecule has 1 aromatic carbocycles. The molecule has 0 radical (unpaired) electrons. The third-order valence-corrected chi connectivity index (χ3v) is 5.59. The van der Waals surface area contributed by atoms with Gasteiger partial charge in [-0.05, 0) is 55.5 Å². The number of hydrazone groups is 1. The normalized spacial score (nSPS) is 11.2. The van der Waals surface area contributed by atoms with Crippen molar-refractivity contribution in [3.05, 3.63) is 76.9 Å². The molecule has 1 amide bonds. The van der Waals surface area contributed by atoms with E-state index in [9.17, 15) is 4.79 Å². The lowest BCUT2D eigenvalue weighted by atomic mass is 10.2. The second-order valence-corrected chi connectivity index (χ2v) is 8.24. The van der Waals surface area contributed by atoms with Gasteiger partial charge in [-0.25, -0.2) is 5.43 Å². The predicted octanol–water partition coefficient (Wildman–Crippen LogP) is 4.24. The summed E-state index contributed by atoms with van der Waals surface area (Å²) in [5.74, 6) is 1.88. The van der Waals surface area contributed by atoms with E-state index >= 15 is 0 Å². The second kappa shape index (κ2) is 9.71. The number of nitrogens with one attached hydrogen (secondary N) is 1. The summed E-state index contributed by atoms with van der Waals surface area (Å²) in [5.41, 5.74) is 4.25. The number of carbonyl (C=O) groups excluding carboxylic acids is 1. The minimum Gasteiger partial charge on any atom is -0.460 e. The second-order valence-electron chi connectivity index (χ2n) is 6.38. The number of hydrogen-bond donors (Lipinski definition) is 1. The molecule has 0 bridgehead atoms. The summed E-state index contributed by atoms with van der Waals surface area (Å²) in [6.45, 7) is 1.84. The Bertz CT molecular complexity index is 1200. The lowest BCUT2D eigenvalue weighted by Gasteiger charge is -2.10. The minimum absolute atomic E-state index is 0.125. The van der Waals surface area contributed by atoms with Gasteiger partial charge in [0.1, 0.15) is 11.5 Å². The van der Waals surface area contributed by atoms with E-state index in [-0.39, 0.29) is 11.7 Å². The summed E-state index contributed by atoms with van der Waals surface area (Å²) in [5, 5.41) is 13.2. The zero-order valence-electron chi connectivity index (χ0n) is 16.4. The highest BCUT2D eigenvalue weighted by Crippen LogP contribution is 2.28. The molecule has 0 aliphatic carbocycles. The van der Waals surface area contributed by atoms with Gasteiger partial charge in [0.05, 0.1) is 12.0 Å². The van der Waals surface area contributed by atoms with E-state index in [1.54, 1.807) is 18.5 Å². The van der Waals surface area contributed by atoms with Crippen molar-refractivity contribution in [1.29, 1.82) is 0 Å². The molecule has 10 heteroatoms. The van der Waals surface area contributed by atoms with Crippen molar-refractivity contribution in [3.8, 4) is 17.1 Å². The molecular formula is C21H17BrN6O2S. The Morgan fingerprint density at radius 1 is 1.16 bits per heavy atom. The molecule has 0 aliphatic rings. The van der Waals surface area contributed by atoms with Crippen LogP contribution in [0.3, 0.4) is 0 Å². The highest BCUT2D eigenvalue weighted by atomic mass is 79.9. The standard InChI is InChI=1S/C21H17BrN6O2S/c1-14-2-7-18(30-14)12-24-25-19(29)13-31-21-27-26-20(15-8-10-23-11-9-15)28(21)17-5-3-16(22)4-6-17/h2-12H,13H2,1H3,(H,25,29). The van der Waals surface area contributed by atoms with Crippen LogP contribution >= 0.6 is 27.7 Å². The molecule has 4 aromatic rings. The number of amides is 1. The van der Waals surface area contributed by atoms with Gasteiger partial charge in [0, 0.05) is 28.1 Å². The number of halogens is 1. The molecular weight excluding hydrogens is 480 g/mol. The first-order chi connectivity index (χ1) is 15.1. The highest BCUT2D eigenvalue weighted by molar-refractivity contribution is 9.10. The first-order valence-electron chi connectivity index (χ1n) is 9.23. The molecule has 31 heavy (non-hydrogen) atoms. The fourth-order valence-electron chi connectivity index (χ4n) is 2.73. The number of thioether (sulfide) groups is 1. The zero-order chi connectivity index (χ0) is 21.6. The smallest absolute Gasteiger partial charge is 0.250 e. The maximum atomic E-state index is 12.2. The topological polar surface area (TPSA) is 98.2 Å². The van der Waals surface area contributed by atoms with Crippen LogP contribution in [0.15, 0.2) is 80.1 Å². The monoisotopic (exact) mass is 496 g/mol. The Morgan fingerprint density at radius 2 is 1.94 bits per heavy atom. The summed E-state index contributed by atoms with van der Waals surface area (Å²) in [7, 11) is 0. The fraction of sp³-hybridized carbons (Fsp3) is 0.0952. The van der Waals surface area contributed by atoms with Crippen molar-refractivity contribution in [3.63, 3.8) is 0 Å². The summed E-state index contributed by atoms with van der Waals surface area (Å²) < 4.78 is 8.25. The number of aromatic nitrogens is 4. The van der Waals surface area contributed by atoms with Crippen LogP contribution in [0.5, 0.6) is 0 Å². The number of rotatable bonds is 7. The molecule has 0 atom stereocenters. The van der Waals surface area contributed by atoms with Crippen LogP contribution in [0.25, 0.3) is 17.1 Å². The molecule has 0 spiro atoms. The molecule has 1 N–H and O–H groups in total. The first-order valence-corrected chi connectivity index (χ1v) is 11.0. The lowest BCUT2D eigenvalue weighted by Crippen LogP contribution is -2.19. The SMILES string of the molecule is Cc1ccc(C=NNC(=O)CSc2nnc(-c3ccncc3)n2-c2ccc(Br)cc2)o1. The fourth-order valence-corrected chi connectivity index (χ4v) is 3.74. The molecule has 0 saturated carbocycles. The van der Waals surface area contributed by atoms with Gasteiger partial charge in [-0.1, -0.05) is 27.7 Å². The Kier molecular flexibility index (Phi) is 6.58. The van der Waals surface area contributed by atoms with E-state index in [0.717, 1.165) is 21.5 Å². The Hall–Kier alpha value is -3.24. The van der Waals surface area contributed by atoms with Gasteiger partial charge in [0.2, 0.25) is 0 Å². The van der Waals surface area contributed by atoms with Crippen molar-refractivity contribution < 1.29 is 9.21 Å². The molecule has 0 fully saturated rings. The Labute approximate surface area is 190 Å². The molecule has 3 heterocycles. The van der Waals surface area contributed by atoms with E-state index < -0.39 is 0 Å². The van der Waals surface area contributed by atoms with Crippen LogP contribution in [0, 0.1) is 6.92 Å². The lowest BCUT2D eigenvalue weighted by molar-refractivity contribution is -0.118. The van der Waals surface area contributed by atoms with Crippen LogP contribution in [0.2, 0.25) is 0 Å². The van der Waals surface area contributed by atoms with E-state index in [2.05, 4.69) is 41.6 Å². The van der Waals surface area contributed by atoms with Crippen molar-refractivity contribution in [2.24, 2.45) is 5.10 Å². The Morgan fingerprint density at radius 3 is 2.65 bits per heavy atom. The molecule has 8 nitrogen and oxygen atoms in total. The van der Waals surface area contributed by atoms with Gasteiger partial charge in [0.15, 0.2) is 11.0 Å². The van der Waals surface area contributed by atoms with Crippen LogP contribution < -0.4 is 5.43 Å². The zero-order valence-corrected chi connectivity index (χ0v) is 18.8. The van der Waals surface area contributed by atoms with Crippen molar-refractivity contribution in [2.75, 3.05) is 5.75 Å². The maximum absolute atomic E-state index is 12.2. The van der Waals surface area contributed by atoms with Crippen molar-refractivity contribution >= 4 is 39.8 Å².